The zero-order valence-electron chi connectivity index (χ0n) is 22.3. The number of benzene rings is 1. The van der Waals surface area contributed by atoms with Crippen molar-refractivity contribution in [2.75, 3.05) is 20.7 Å². The van der Waals surface area contributed by atoms with Crippen molar-refractivity contribution >= 4 is 26.2 Å². The maximum Gasteiger partial charge on any atom is 0.251 e. The molecule has 0 heterocycles. The van der Waals surface area contributed by atoms with Crippen LogP contribution in [0.5, 0.6) is 0 Å². The molecule has 0 radical (unpaired) electrons. The van der Waals surface area contributed by atoms with Crippen LogP contribution in [0.2, 0.25) is 16.6 Å². The Hall–Kier alpha value is -1.92. The molecule has 33 heavy (non-hydrogen) atoms. The first-order valence-corrected chi connectivity index (χ1v) is 14.5. The molecule has 2 amide bonds. The van der Waals surface area contributed by atoms with Gasteiger partial charge in [0.1, 0.15) is 0 Å². The number of rotatable bonds is 13. The third-order valence-corrected chi connectivity index (χ3v) is 12.5. The lowest BCUT2D eigenvalue weighted by Gasteiger charge is -2.42. The van der Waals surface area contributed by atoms with Crippen molar-refractivity contribution < 1.29 is 14.0 Å². The van der Waals surface area contributed by atoms with E-state index in [0.717, 1.165) is 18.4 Å². The van der Waals surface area contributed by atoms with E-state index in [1.807, 2.05) is 37.3 Å². The molecule has 0 fully saturated rings. The van der Waals surface area contributed by atoms with Crippen LogP contribution in [0.15, 0.2) is 30.3 Å². The summed E-state index contributed by atoms with van der Waals surface area (Å²) in [4.78, 5) is 26.1. The molecule has 0 saturated carbocycles. The lowest BCUT2D eigenvalue weighted by Crippen LogP contribution is -2.50. The highest BCUT2D eigenvalue weighted by Crippen LogP contribution is 2.42. The van der Waals surface area contributed by atoms with Gasteiger partial charge in [-0.3, -0.25) is 9.59 Å². The van der Waals surface area contributed by atoms with Gasteiger partial charge in [0.2, 0.25) is 5.91 Å². The van der Waals surface area contributed by atoms with E-state index < -0.39 is 8.32 Å². The van der Waals surface area contributed by atoms with Crippen molar-refractivity contribution in [2.24, 2.45) is 0 Å². The molecule has 1 atom stereocenters. The molecule has 0 aliphatic carbocycles. The molecule has 0 spiro atoms. The summed E-state index contributed by atoms with van der Waals surface area (Å²) in [5.41, 5.74) is 3.18. The van der Waals surface area contributed by atoms with E-state index in [1.165, 1.54) is 0 Å². The summed E-state index contributed by atoms with van der Waals surface area (Å²) in [5.74, 6) is 0.0686. The van der Waals surface area contributed by atoms with Crippen LogP contribution in [0.25, 0.3) is 6.08 Å². The summed E-state index contributed by atoms with van der Waals surface area (Å²) in [6.45, 7) is 16.2. The van der Waals surface area contributed by atoms with Crippen LogP contribution < -0.4 is 5.32 Å². The van der Waals surface area contributed by atoms with Crippen LogP contribution in [-0.2, 0) is 9.22 Å². The lowest BCUT2D eigenvalue weighted by atomic mass is 10.1. The second kappa shape index (κ2) is 13.7. The highest BCUT2D eigenvalue weighted by molar-refractivity contribution is 6.77. The minimum Gasteiger partial charge on any atom is -0.414 e. The molecule has 186 valence electrons. The maximum atomic E-state index is 12.8. The Labute approximate surface area is 203 Å². The number of amides is 2. The van der Waals surface area contributed by atoms with E-state index in [4.69, 9.17) is 4.43 Å². The summed E-state index contributed by atoms with van der Waals surface area (Å²) >= 11 is 0. The first-order chi connectivity index (χ1) is 15.4. The van der Waals surface area contributed by atoms with Gasteiger partial charge in [-0.1, -0.05) is 65.8 Å². The minimum atomic E-state index is -1.95. The fourth-order valence-electron chi connectivity index (χ4n) is 4.72. The van der Waals surface area contributed by atoms with Gasteiger partial charge in [0.25, 0.3) is 5.91 Å². The number of nitrogens with zero attached hydrogens (tertiary/aromatic N) is 1. The standard InChI is InChI=1S/C27H46N2O3Si/c1-20(2)33(21(3)4,22(5)6)32-19-23(7)28-27(31)25-16-13-15-24(18-25)14-11-10-12-17-26(30)29(8)9/h11,13-16,18,20-23H,10,12,17,19H2,1-9H3,(H,28,31). The van der Waals surface area contributed by atoms with Crippen molar-refractivity contribution in [3.8, 4) is 0 Å². The fourth-order valence-corrected chi connectivity index (χ4v) is 10.3. The van der Waals surface area contributed by atoms with Crippen LogP contribution in [0.3, 0.4) is 0 Å². The highest BCUT2D eigenvalue weighted by atomic mass is 28.4. The number of allylic oxidation sites excluding steroid dienone is 1. The van der Waals surface area contributed by atoms with Crippen LogP contribution >= 0.6 is 0 Å². The Kier molecular flexibility index (Phi) is 12.1. The molecule has 0 saturated heterocycles. The highest BCUT2D eigenvalue weighted by Gasteiger charge is 2.45. The third-order valence-electron chi connectivity index (χ3n) is 6.39. The van der Waals surface area contributed by atoms with Crippen LogP contribution in [-0.4, -0.2) is 51.8 Å². The van der Waals surface area contributed by atoms with Gasteiger partial charge in [-0.2, -0.15) is 0 Å². The van der Waals surface area contributed by atoms with Gasteiger partial charge in [0.15, 0.2) is 8.32 Å². The molecule has 1 aromatic rings. The van der Waals surface area contributed by atoms with Gasteiger partial charge in [-0.05, 0) is 54.1 Å². The van der Waals surface area contributed by atoms with Crippen molar-refractivity contribution in [1.82, 2.24) is 10.2 Å². The van der Waals surface area contributed by atoms with E-state index in [2.05, 4.69) is 52.9 Å². The first-order valence-electron chi connectivity index (χ1n) is 12.3. The Morgan fingerprint density at radius 2 is 1.64 bits per heavy atom. The monoisotopic (exact) mass is 474 g/mol. The van der Waals surface area contributed by atoms with Crippen LogP contribution in [0.1, 0.15) is 83.7 Å². The molecule has 1 N–H and O–H groups in total. The summed E-state index contributed by atoms with van der Waals surface area (Å²) in [5, 5.41) is 3.10. The van der Waals surface area contributed by atoms with E-state index in [9.17, 15) is 9.59 Å². The molecule has 1 rings (SSSR count). The largest absolute Gasteiger partial charge is 0.414 e. The Morgan fingerprint density at radius 3 is 2.18 bits per heavy atom. The van der Waals surface area contributed by atoms with Gasteiger partial charge in [0.05, 0.1) is 6.61 Å². The molecule has 5 nitrogen and oxygen atoms in total. The number of nitrogens with one attached hydrogen (secondary N) is 1. The molecule has 6 heteroatoms. The SMILES string of the molecule is CC(CO[Si](C(C)C)(C(C)C)C(C)C)NC(=O)c1cccc(C=CCCCC(=O)N(C)C)c1. The predicted octanol–water partition coefficient (Wildman–Crippen LogP) is 6.27. The van der Waals surface area contributed by atoms with Crippen molar-refractivity contribution in [3.05, 3.63) is 41.5 Å². The molecular formula is C27H46N2O3Si. The predicted molar refractivity (Wildman–Crippen MR) is 142 cm³/mol. The number of hydrogen-bond donors (Lipinski definition) is 1. The van der Waals surface area contributed by atoms with Gasteiger partial charge in [0, 0.05) is 32.1 Å². The number of unbranched alkanes of at least 4 members (excludes halogenated alkanes) is 1. The summed E-state index contributed by atoms with van der Waals surface area (Å²) in [7, 11) is 1.60. The summed E-state index contributed by atoms with van der Waals surface area (Å²) < 4.78 is 6.63. The minimum absolute atomic E-state index is 0.0611. The van der Waals surface area contributed by atoms with Crippen LogP contribution in [0.4, 0.5) is 0 Å². The fraction of sp³-hybridized carbons (Fsp3) is 0.630. The number of carbonyl (C=O) groups is 2. The topological polar surface area (TPSA) is 58.6 Å². The van der Waals surface area contributed by atoms with Gasteiger partial charge >= 0.3 is 0 Å². The number of carbonyl (C=O) groups excluding carboxylic acids is 2. The molecular weight excluding hydrogens is 428 g/mol. The Bertz CT molecular complexity index is 766. The van der Waals surface area contributed by atoms with E-state index in [0.29, 0.717) is 35.2 Å². The quantitative estimate of drug-likeness (QED) is 0.271. The molecule has 1 aromatic carbocycles. The average molecular weight is 475 g/mol. The molecule has 0 bridgehead atoms. The summed E-state index contributed by atoms with van der Waals surface area (Å²) in [6.07, 6.45) is 6.27. The van der Waals surface area contributed by atoms with Crippen molar-refractivity contribution in [2.45, 2.75) is 90.4 Å². The summed E-state index contributed by atoms with van der Waals surface area (Å²) in [6, 6.07) is 7.57. The molecule has 0 aromatic heterocycles. The van der Waals surface area contributed by atoms with E-state index >= 15 is 0 Å². The third kappa shape index (κ3) is 8.74. The van der Waals surface area contributed by atoms with Gasteiger partial charge in [-0.25, -0.2) is 0 Å². The Balaban J connectivity index is 2.67. The smallest absolute Gasteiger partial charge is 0.251 e. The lowest BCUT2D eigenvalue weighted by molar-refractivity contribution is -0.128. The van der Waals surface area contributed by atoms with Gasteiger partial charge in [-0.15, -0.1) is 0 Å². The average Bonchev–Trinajstić information content (AvgIpc) is 2.73. The van der Waals surface area contributed by atoms with Crippen LogP contribution in [0, 0.1) is 0 Å². The molecule has 0 aliphatic heterocycles. The normalized spacial score (nSPS) is 13.2. The van der Waals surface area contributed by atoms with Gasteiger partial charge < -0.3 is 14.6 Å². The van der Waals surface area contributed by atoms with Crippen molar-refractivity contribution in [3.63, 3.8) is 0 Å². The second-order valence-electron chi connectivity index (χ2n) is 10.2. The maximum absolute atomic E-state index is 12.8. The van der Waals surface area contributed by atoms with Crippen molar-refractivity contribution in [1.29, 1.82) is 0 Å². The number of hydrogen-bond acceptors (Lipinski definition) is 3. The first kappa shape index (κ1) is 29.1. The molecule has 1 unspecified atom stereocenters. The zero-order valence-corrected chi connectivity index (χ0v) is 23.3. The van der Waals surface area contributed by atoms with E-state index in [-0.39, 0.29) is 17.9 Å². The molecule has 0 aliphatic rings. The zero-order chi connectivity index (χ0) is 25.2. The second-order valence-corrected chi connectivity index (χ2v) is 15.7. The van der Waals surface area contributed by atoms with E-state index in [1.54, 1.807) is 19.0 Å². The Morgan fingerprint density at radius 1 is 1.03 bits per heavy atom.